The number of thioether (sulfide) groups is 1. The smallest absolute Gasteiger partial charge is 0.285 e. The molecule has 6 heteroatoms. The molecule has 0 aliphatic carbocycles. The number of aromatic amines is 1. The summed E-state index contributed by atoms with van der Waals surface area (Å²) >= 11 is 1.40. The van der Waals surface area contributed by atoms with E-state index < -0.39 is 0 Å². The molecule has 2 heterocycles. The van der Waals surface area contributed by atoms with Gasteiger partial charge in [0.25, 0.3) is 0 Å². The van der Waals surface area contributed by atoms with Crippen molar-refractivity contribution in [2.24, 2.45) is 0 Å². The summed E-state index contributed by atoms with van der Waals surface area (Å²) in [6, 6.07) is 1.77. The second kappa shape index (κ2) is 2.88. The van der Waals surface area contributed by atoms with Gasteiger partial charge in [0, 0.05) is 6.07 Å². The van der Waals surface area contributed by atoms with Crippen LogP contribution in [-0.2, 0) is 0 Å². The zero-order valence-electron chi connectivity index (χ0n) is 7.24. The van der Waals surface area contributed by atoms with Crippen LogP contribution in [0.15, 0.2) is 16.0 Å². The van der Waals surface area contributed by atoms with Crippen LogP contribution in [-0.4, -0.2) is 25.8 Å². The van der Waals surface area contributed by atoms with Gasteiger partial charge in [-0.05, 0) is 13.2 Å². The summed E-state index contributed by atoms with van der Waals surface area (Å²) in [6.07, 6.45) is 1.86. The summed E-state index contributed by atoms with van der Waals surface area (Å²) < 4.78 is 1.26. The highest BCUT2D eigenvalue weighted by Gasteiger charge is 2.03. The van der Waals surface area contributed by atoms with E-state index in [1.807, 2.05) is 13.2 Å². The van der Waals surface area contributed by atoms with Crippen molar-refractivity contribution < 1.29 is 0 Å². The SMILES string of the molecule is CSc1nc2cc(C)nn2c(=O)[nH]1. The molecule has 2 aromatic heterocycles. The van der Waals surface area contributed by atoms with E-state index in [0.29, 0.717) is 10.8 Å². The third-order valence-electron chi connectivity index (χ3n) is 1.63. The van der Waals surface area contributed by atoms with Crippen molar-refractivity contribution in [3.63, 3.8) is 0 Å². The second-order valence-electron chi connectivity index (χ2n) is 2.61. The zero-order chi connectivity index (χ0) is 9.42. The largest absolute Gasteiger partial charge is 0.350 e. The van der Waals surface area contributed by atoms with E-state index in [-0.39, 0.29) is 5.69 Å². The fraction of sp³-hybridized carbons (Fsp3) is 0.286. The first-order valence-electron chi connectivity index (χ1n) is 3.71. The molecule has 1 N–H and O–H groups in total. The molecule has 5 nitrogen and oxygen atoms in total. The fourth-order valence-electron chi connectivity index (χ4n) is 1.09. The molecule has 0 aliphatic heterocycles. The van der Waals surface area contributed by atoms with Gasteiger partial charge in [0.1, 0.15) is 0 Å². The summed E-state index contributed by atoms with van der Waals surface area (Å²) in [7, 11) is 0. The first-order chi connectivity index (χ1) is 6.20. The average molecular weight is 196 g/mol. The van der Waals surface area contributed by atoms with Gasteiger partial charge >= 0.3 is 5.69 Å². The molecule has 0 bridgehead atoms. The topological polar surface area (TPSA) is 63.1 Å². The van der Waals surface area contributed by atoms with Gasteiger partial charge in [-0.15, -0.1) is 0 Å². The molecular weight excluding hydrogens is 188 g/mol. The number of hydrogen-bond donors (Lipinski definition) is 1. The van der Waals surface area contributed by atoms with Crippen LogP contribution in [0, 0.1) is 6.92 Å². The first-order valence-corrected chi connectivity index (χ1v) is 4.94. The van der Waals surface area contributed by atoms with Crippen LogP contribution in [0.25, 0.3) is 5.65 Å². The third-order valence-corrected chi connectivity index (χ3v) is 2.21. The van der Waals surface area contributed by atoms with E-state index in [2.05, 4.69) is 15.1 Å². The lowest BCUT2D eigenvalue weighted by Crippen LogP contribution is -2.19. The molecule has 13 heavy (non-hydrogen) atoms. The minimum absolute atomic E-state index is 0.248. The fourth-order valence-corrected chi connectivity index (χ4v) is 1.46. The van der Waals surface area contributed by atoms with Crippen LogP contribution < -0.4 is 5.69 Å². The quantitative estimate of drug-likeness (QED) is 0.672. The molecule has 0 unspecified atom stereocenters. The standard InChI is InChI=1S/C7H8N4OS/c1-4-3-5-8-6(13-2)9-7(12)11(5)10-4/h3H,1-2H3,(H,8,9,12). The van der Waals surface area contributed by atoms with Gasteiger partial charge in [0.2, 0.25) is 0 Å². The molecule has 0 amide bonds. The van der Waals surface area contributed by atoms with Crippen LogP contribution in [0.4, 0.5) is 0 Å². The molecule has 2 aromatic rings. The van der Waals surface area contributed by atoms with Gasteiger partial charge in [-0.1, -0.05) is 11.8 Å². The van der Waals surface area contributed by atoms with Gasteiger partial charge in [0.05, 0.1) is 5.69 Å². The lowest BCUT2D eigenvalue weighted by Gasteiger charge is -1.94. The normalized spacial score (nSPS) is 10.9. The average Bonchev–Trinajstić information content (AvgIpc) is 2.46. The summed E-state index contributed by atoms with van der Waals surface area (Å²) in [5.74, 6) is 0. The number of aryl methyl sites for hydroxylation is 1. The molecule has 0 atom stereocenters. The Morgan fingerprint density at radius 1 is 1.62 bits per heavy atom. The molecule has 0 fully saturated rings. The van der Waals surface area contributed by atoms with Gasteiger partial charge in [-0.25, -0.2) is 9.78 Å². The Labute approximate surface area is 78.2 Å². The van der Waals surface area contributed by atoms with E-state index >= 15 is 0 Å². The molecule has 68 valence electrons. The lowest BCUT2D eigenvalue weighted by atomic mass is 10.5. The number of aromatic nitrogens is 4. The third kappa shape index (κ3) is 1.33. The van der Waals surface area contributed by atoms with Crippen molar-refractivity contribution in [3.05, 3.63) is 22.2 Å². The monoisotopic (exact) mass is 196 g/mol. The Kier molecular flexibility index (Phi) is 1.84. The van der Waals surface area contributed by atoms with Crippen molar-refractivity contribution in [1.29, 1.82) is 0 Å². The highest BCUT2D eigenvalue weighted by molar-refractivity contribution is 7.98. The first kappa shape index (κ1) is 8.31. The van der Waals surface area contributed by atoms with Crippen LogP contribution in [0.3, 0.4) is 0 Å². The maximum atomic E-state index is 11.4. The van der Waals surface area contributed by atoms with E-state index in [9.17, 15) is 4.79 Å². The van der Waals surface area contributed by atoms with Crippen molar-refractivity contribution in [1.82, 2.24) is 19.6 Å². The lowest BCUT2D eigenvalue weighted by molar-refractivity contribution is 0.780. The second-order valence-corrected chi connectivity index (χ2v) is 3.40. The Morgan fingerprint density at radius 2 is 2.38 bits per heavy atom. The van der Waals surface area contributed by atoms with E-state index in [0.717, 1.165) is 5.69 Å². The van der Waals surface area contributed by atoms with Gasteiger partial charge in [0.15, 0.2) is 10.8 Å². The molecule has 0 radical (unpaired) electrons. The maximum absolute atomic E-state index is 11.4. The van der Waals surface area contributed by atoms with E-state index in [1.165, 1.54) is 16.3 Å². The maximum Gasteiger partial charge on any atom is 0.350 e. The highest BCUT2D eigenvalue weighted by Crippen LogP contribution is 2.07. The Balaban J connectivity index is 2.83. The minimum atomic E-state index is -0.248. The highest BCUT2D eigenvalue weighted by atomic mass is 32.2. The number of hydrogen-bond acceptors (Lipinski definition) is 4. The summed E-state index contributed by atoms with van der Waals surface area (Å²) in [5, 5.41) is 4.60. The Bertz CT molecular complexity index is 501. The molecule has 0 saturated carbocycles. The predicted octanol–water partition coefficient (Wildman–Crippen LogP) is 0.448. The summed E-state index contributed by atoms with van der Waals surface area (Å²) in [5.41, 5.74) is 1.13. The molecular formula is C7H8N4OS. The van der Waals surface area contributed by atoms with Crippen LogP contribution in [0.2, 0.25) is 0 Å². The van der Waals surface area contributed by atoms with Crippen LogP contribution >= 0.6 is 11.8 Å². The van der Waals surface area contributed by atoms with Crippen LogP contribution in [0.5, 0.6) is 0 Å². The number of nitrogens with one attached hydrogen (secondary N) is 1. The number of fused-ring (bicyclic) bond motifs is 1. The van der Waals surface area contributed by atoms with E-state index in [1.54, 1.807) is 6.07 Å². The van der Waals surface area contributed by atoms with Crippen molar-refractivity contribution in [2.75, 3.05) is 6.26 Å². The molecule has 0 spiro atoms. The number of nitrogens with zero attached hydrogens (tertiary/aromatic N) is 3. The van der Waals surface area contributed by atoms with Crippen molar-refractivity contribution in [3.8, 4) is 0 Å². The molecule has 0 saturated heterocycles. The molecule has 0 aliphatic rings. The van der Waals surface area contributed by atoms with Crippen molar-refractivity contribution >= 4 is 17.4 Å². The summed E-state index contributed by atoms with van der Waals surface area (Å²) in [6.45, 7) is 1.83. The molecule has 2 rings (SSSR count). The minimum Gasteiger partial charge on any atom is -0.285 e. The van der Waals surface area contributed by atoms with Gasteiger partial charge in [-0.3, -0.25) is 4.98 Å². The predicted molar refractivity (Wildman–Crippen MR) is 50.1 cm³/mol. The van der Waals surface area contributed by atoms with Crippen LogP contribution in [0.1, 0.15) is 5.69 Å². The number of rotatable bonds is 1. The number of H-pyrrole nitrogens is 1. The van der Waals surface area contributed by atoms with Gasteiger partial charge < -0.3 is 0 Å². The Hall–Kier alpha value is -1.30. The van der Waals surface area contributed by atoms with Gasteiger partial charge in [-0.2, -0.15) is 9.61 Å². The molecule has 0 aromatic carbocycles. The van der Waals surface area contributed by atoms with E-state index in [4.69, 9.17) is 0 Å². The summed E-state index contributed by atoms with van der Waals surface area (Å²) in [4.78, 5) is 18.2. The zero-order valence-corrected chi connectivity index (χ0v) is 8.05. The van der Waals surface area contributed by atoms with Crippen molar-refractivity contribution in [2.45, 2.75) is 12.1 Å². The Morgan fingerprint density at radius 3 is 3.08 bits per heavy atom.